The average Bonchev–Trinajstić information content (AvgIpc) is 2.69. The van der Waals surface area contributed by atoms with Gasteiger partial charge in [-0.3, -0.25) is 0 Å². The minimum absolute atomic E-state index is 0.346. The predicted octanol–water partition coefficient (Wildman–Crippen LogP) is 1.04. The second-order valence-electron chi connectivity index (χ2n) is 3.61. The van der Waals surface area contributed by atoms with Crippen LogP contribution >= 0.6 is 0 Å². The molecule has 1 fully saturated rings. The fourth-order valence-corrected chi connectivity index (χ4v) is 1.22. The van der Waals surface area contributed by atoms with E-state index in [1.54, 1.807) is 11.7 Å². The number of halogens is 1. The van der Waals surface area contributed by atoms with Crippen LogP contribution in [0.5, 0.6) is 0 Å². The summed E-state index contributed by atoms with van der Waals surface area (Å²) in [7, 11) is 1.79. The van der Waals surface area contributed by atoms with E-state index < -0.39 is 5.67 Å². The molecule has 5 heteroatoms. The molecule has 0 spiro atoms. The number of hydrogen-bond donors (Lipinski definition) is 1. The molecule has 1 N–H and O–H groups in total. The van der Waals surface area contributed by atoms with E-state index in [0.717, 1.165) is 0 Å². The summed E-state index contributed by atoms with van der Waals surface area (Å²) in [5, 5.41) is 7.00. The molecule has 1 aromatic rings. The summed E-state index contributed by atoms with van der Waals surface area (Å²) in [6.45, 7) is 2.16. The maximum Gasteiger partial charge on any atom is 0.221 e. The van der Waals surface area contributed by atoms with Crippen molar-refractivity contribution in [3.05, 3.63) is 5.82 Å². The van der Waals surface area contributed by atoms with Gasteiger partial charge in [-0.05, 0) is 19.8 Å². The summed E-state index contributed by atoms with van der Waals surface area (Å²) in [6, 6.07) is 0. The third kappa shape index (κ3) is 1.79. The molecular weight excluding hydrogens is 171 g/mol. The molecule has 1 saturated carbocycles. The van der Waals surface area contributed by atoms with Crippen LogP contribution in [0.4, 0.5) is 10.3 Å². The predicted molar refractivity (Wildman–Crippen MR) is 47.3 cm³/mol. The summed E-state index contributed by atoms with van der Waals surface area (Å²) in [6.07, 6.45) is 1.33. The Morgan fingerprint density at radius 2 is 2.31 bits per heavy atom. The first-order chi connectivity index (χ1) is 6.09. The first-order valence-electron chi connectivity index (χ1n) is 4.39. The van der Waals surface area contributed by atoms with Crippen molar-refractivity contribution in [1.82, 2.24) is 14.8 Å². The molecule has 0 atom stereocenters. The van der Waals surface area contributed by atoms with Gasteiger partial charge < -0.3 is 5.32 Å². The van der Waals surface area contributed by atoms with Crippen molar-refractivity contribution in [1.29, 1.82) is 0 Å². The lowest BCUT2D eigenvalue weighted by atomic mass is 10.4. The molecule has 4 nitrogen and oxygen atoms in total. The zero-order valence-electron chi connectivity index (χ0n) is 7.84. The highest BCUT2D eigenvalue weighted by molar-refractivity contribution is 5.26. The van der Waals surface area contributed by atoms with Crippen molar-refractivity contribution >= 4 is 5.95 Å². The molecule has 1 aliphatic rings. The van der Waals surface area contributed by atoms with Crippen LogP contribution in [-0.4, -0.2) is 27.0 Å². The monoisotopic (exact) mass is 184 g/mol. The van der Waals surface area contributed by atoms with Crippen LogP contribution < -0.4 is 5.32 Å². The Bertz CT molecular complexity index is 316. The molecule has 0 unspecified atom stereocenters. The normalized spacial score (nSPS) is 18.7. The van der Waals surface area contributed by atoms with Crippen LogP contribution in [0.2, 0.25) is 0 Å². The lowest BCUT2D eigenvalue weighted by Gasteiger charge is -2.06. The van der Waals surface area contributed by atoms with Crippen molar-refractivity contribution in [2.75, 3.05) is 11.9 Å². The summed E-state index contributed by atoms with van der Waals surface area (Å²) in [5.41, 5.74) is -0.986. The highest BCUT2D eigenvalue weighted by Gasteiger charge is 2.43. The SMILES string of the molecule is Cc1nc(NCC2(F)CC2)n(C)n1. The Morgan fingerprint density at radius 1 is 1.62 bits per heavy atom. The van der Waals surface area contributed by atoms with Crippen LogP contribution in [0.25, 0.3) is 0 Å². The molecule has 0 aliphatic heterocycles. The number of alkyl halides is 1. The molecule has 0 bridgehead atoms. The minimum atomic E-state index is -0.986. The highest BCUT2D eigenvalue weighted by atomic mass is 19.1. The van der Waals surface area contributed by atoms with E-state index in [4.69, 9.17) is 0 Å². The maximum absolute atomic E-state index is 13.2. The lowest BCUT2D eigenvalue weighted by Crippen LogP contribution is -2.18. The number of rotatable bonds is 3. The van der Waals surface area contributed by atoms with E-state index in [0.29, 0.717) is 31.2 Å². The Kier molecular flexibility index (Phi) is 1.75. The highest BCUT2D eigenvalue weighted by Crippen LogP contribution is 2.39. The van der Waals surface area contributed by atoms with E-state index in [9.17, 15) is 4.39 Å². The van der Waals surface area contributed by atoms with E-state index in [2.05, 4.69) is 15.4 Å². The summed E-state index contributed by atoms with van der Waals surface area (Å²) in [5.74, 6) is 1.34. The number of hydrogen-bond acceptors (Lipinski definition) is 3. The van der Waals surface area contributed by atoms with Gasteiger partial charge in [0.25, 0.3) is 0 Å². The molecule has 0 aromatic carbocycles. The quantitative estimate of drug-likeness (QED) is 0.763. The van der Waals surface area contributed by atoms with Gasteiger partial charge in [0.2, 0.25) is 5.95 Å². The van der Waals surface area contributed by atoms with Gasteiger partial charge in [0.15, 0.2) is 0 Å². The van der Waals surface area contributed by atoms with Crippen molar-refractivity contribution in [3.63, 3.8) is 0 Å². The van der Waals surface area contributed by atoms with Gasteiger partial charge in [-0.25, -0.2) is 9.07 Å². The summed E-state index contributed by atoms with van der Waals surface area (Å²) < 4.78 is 14.8. The van der Waals surface area contributed by atoms with E-state index >= 15 is 0 Å². The summed E-state index contributed by atoms with van der Waals surface area (Å²) >= 11 is 0. The summed E-state index contributed by atoms with van der Waals surface area (Å²) in [4.78, 5) is 4.12. The van der Waals surface area contributed by atoms with Gasteiger partial charge in [-0.2, -0.15) is 10.1 Å². The molecule has 1 aliphatic carbocycles. The molecule has 0 amide bonds. The molecule has 0 saturated heterocycles. The zero-order valence-corrected chi connectivity index (χ0v) is 7.84. The standard InChI is InChI=1S/C8H13FN4/c1-6-11-7(13(2)12-6)10-5-8(9)3-4-8/h3-5H2,1-2H3,(H,10,11,12). The van der Waals surface area contributed by atoms with Crippen LogP contribution in [0.1, 0.15) is 18.7 Å². The Hall–Kier alpha value is -1.13. The Morgan fingerprint density at radius 3 is 2.77 bits per heavy atom. The van der Waals surface area contributed by atoms with Crippen molar-refractivity contribution in [3.8, 4) is 0 Å². The molecule has 13 heavy (non-hydrogen) atoms. The molecule has 1 heterocycles. The number of nitrogens with one attached hydrogen (secondary N) is 1. The average molecular weight is 184 g/mol. The van der Waals surface area contributed by atoms with Gasteiger partial charge in [-0.15, -0.1) is 0 Å². The molecule has 72 valence electrons. The van der Waals surface area contributed by atoms with Crippen LogP contribution in [-0.2, 0) is 7.05 Å². The van der Waals surface area contributed by atoms with Crippen molar-refractivity contribution in [2.24, 2.45) is 7.05 Å². The van der Waals surface area contributed by atoms with E-state index in [1.165, 1.54) is 0 Å². The fourth-order valence-electron chi connectivity index (χ4n) is 1.22. The lowest BCUT2D eigenvalue weighted by molar-refractivity contribution is 0.326. The van der Waals surface area contributed by atoms with Gasteiger partial charge >= 0.3 is 0 Å². The number of anilines is 1. The zero-order chi connectivity index (χ0) is 9.47. The van der Waals surface area contributed by atoms with E-state index in [1.807, 2.05) is 6.92 Å². The molecule has 1 aromatic heterocycles. The smallest absolute Gasteiger partial charge is 0.221 e. The first kappa shape index (κ1) is 8.47. The van der Waals surface area contributed by atoms with Crippen LogP contribution in [0.15, 0.2) is 0 Å². The van der Waals surface area contributed by atoms with Crippen LogP contribution in [0, 0.1) is 6.92 Å². The molecule has 2 rings (SSSR count). The molecule has 0 radical (unpaired) electrons. The second kappa shape index (κ2) is 2.68. The first-order valence-corrected chi connectivity index (χ1v) is 4.39. The van der Waals surface area contributed by atoms with Gasteiger partial charge in [-0.1, -0.05) is 0 Å². The largest absolute Gasteiger partial charge is 0.351 e. The number of nitrogens with zero attached hydrogens (tertiary/aromatic N) is 3. The third-order valence-corrected chi connectivity index (χ3v) is 2.22. The Balaban J connectivity index is 1.97. The van der Waals surface area contributed by atoms with E-state index in [-0.39, 0.29) is 0 Å². The molecular formula is C8H13FN4. The number of aryl methyl sites for hydroxylation is 2. The van der Waals surface area contributed by atoms with Crippen LogP contribution in [0.3, 0.4) is 0 Å². The van der Waals surface area contributed by atoms with Gasteiger partial charge in [0.05, 0.1) is 6.54 Å². The van der Waals surface area contributed by atoms with Crippen molar-refractivity contribution < 1.29 is 4.39 Å². The number of aromatic nitrogens is 3. The van der Waals surface area contributed by atoms with Crippen molar-refractivity contribution in [2.45, 2.75) is 25.4 Å². The van der Waals surface area contributed by atoms with Gasteiger partial charge in [0.1, 0.15) is 11.5 Å². The second-order valence-corrected chi connectivity index (χ2v) is 3.61. The fraction of sp³-hybridized carbons (Fsp3) is 0.750. The van der Waals surface area contributed by atoms with Gasteiger partial charge in [0, 0.05) is 7.05 Å². The third-order valence-electron chi connectivity index (χ3n) is 2.22. The Labute approximate surface area is 76.2 Å². The topological polar surface area (TPSA) is 42.7 Å². The minimum Gasteiger partial charge on any atom is -0.351 e. The maximum atomic E-state index is 13.2.